The summed E-state index contributed by atoms with van der Waals surface area (Å²) >= 11 is 6.02. The summed E-state index contributed by atoms with van der Waals surface area (Å²) in [6, 6.07) is 10.1. The molecule has 5 heteroatoms. The first-order valence-corrected chi connectivity index (χ1v) is 8.22. The van der Waals surface area contributed by atoms with Gasteiger partial charge in [0, 0.05) is 22.8 Å². The highest BCUT2D eigenvalue weighted by Gasteiger charge is 2.14. The molecule has 0 atom stereocenters. The van der Waals surface area contributed by atoms with Gasteiger partial charge < -0.3 is 10.6 Å². The van der Waals surface area contributed by atoms with Crippen LogP contribution in [0.3, 0.4) is 0 Å². The molecule has 1 aromatic carbocycles. The molecule has 1 aliphatic rings. The van der Waals surface area contributed by atoms with Gasteiger partial charge >= 0.3 is 0 Å². The van der Waals surface area contributed by atoms with Crippen molar-refractivity contribution in [1.29, 1.82) is 0 Å². The average molecular weight is 317 g/mol. The van der Waals surface area contributed by atoms with Crippen LogP contribution in [0.1, 0.15) is 37.9 Å². The number of aryl methyl sites for hydroxylation is 1. The second-order valence-electron chi connectivity index (χ2n) is 5.80. The Morgan fingerprint density at radius 3 is 2.59 bits per heavy atom. The standard InChI is InChI=1S/C17H21ClN4/c1-12-19-16(21-14-7-3-2-4-8-14)11-17(20-12)22-15-9-5-6-13(18)10-15/h5-6,9-11,14H,2-4,7-8H2,1H3,(H2,19,20,21,22). The van der Waals surface area contributed by atoms with E-state index in [1.807, 2.05) is 37.3 Å². The van der Waals surface area contributed by atoms with E-state index in [1.165, 1.54) is 32.1 Å². The number of aromatic nitrogens is 2. The van der Waals surface area contributed by atoms with Crippen LogP contribution < -0.4 is 10.6 Å². The van der Waals surface area contributed by atoms with Crippen LogP contribution in [0.15, 0.2) is 30.3 Å². The smallest absolute Gasteiger partial charge is 0.136 e. The monoisotopic (exact) mass is 316 g/mol. The van der Waals surface area contributed by atoms with Crippen LogP contribution in [-0.2, 0) is 0 Å². The van der Waals surface area contributed by atoms with Gasteiger partial charge in [-0.3, -0.25) is 0 Å². The fourth-order valence-electron chi connectivity index (χ4n) is 2.88. The zero-order valence-electron chi connectivity index (χ0n) is 12.8. The van der Waals surface area contributed by atoms with Gasteiger partial charge in [0.25, 0.3) is 0 Å². The zero-order valence-corrected chi connectivity index (χ0v) is 13.5. The molecule has 0 saturated heterocycles. The summed E-state index contributed by atoms with van der Waals surface area (Å²) < 4.78 is 0. The van der Waals surface area contributed by atoms with Crippen LogP contribution in [0.25, 0.3) is 0 Å². The van der Waals surface area contributed by atoms with E-state index in [9.17, 15) is 0 Å². The van der Waals surface area contributed by atoms with Crippen LogP contribution in [0, 0.1) is 6.92 Å². The van der Waals surface area contributed by atoms with E-state index in [0.29, 0.717) is 11.1 Å². The summed E-state index contributed by atoms with van der Waals surface area (Å²) in [4.78, 5) is 8.95. The van der Waals surface area contributed by atoms with E-state index in [2.05, 4.69) is 20.6 Å². The van der Waals surface area contributed by atoms with E-state index in [1.54, 1.807) is 0 Å². The second kappa shape index (κ2) is 6.97. The van der Waals surface area contributed by atoms with Crippen LogP contribution in [0.2, 0.25) is 5.02 Å². The molecule has 22 heavy (non-hydrogen) atoms. The number of rotatable bonds is 4. The molecular weight excluding hydrogens is 296 g/mol. The number of nitrogens with one attached hydrogen (secondary N) is 2. The largest absolute Gasteiger partial charge is 0.367 e. The Hall–Kier alpha value is -1.81. The molecule has 0 radical (unpaired) electrons. The first-order chi connectivity index (χ1) is 10.7. The van der Waals surface area contributed by atoms with Crippen molar-refractivity contribution >= 4 is 28.9 Å². The van der Waals surface area contributed by atoms with E-state index < -0.39 is 0 Å². The highest BCUT2D eigenvalue weighted by Crippen LogP contribution is 2.23. The Morgan fingerprint density at radius 1 is 1.05 bits per heavy atom. The van der Waals surface area contributed by atoms with Gasteiger partial charge in [0.2, 0.25) is 0 Å². The van der Waals surface area contributed by atoms with Gasteiger partial charge in [0.1, 0.15) is 17.5 Å². The molecule has 0 unspecified atom stereocenters. The van der Waals surface area contributed by atoms with Crippen LogP contribution in [-0.4, -0.2) is 16.0 Å². The quantitative estimate of drug-likeness (QED) is 0.840. The minimum absolute atomic E-state index is 0.530. The molecule has 0 bridgehead atoms. The summed E-state index contributed by atoms with van der Waals surface area (Å²) in [5.74, 6) is 2.43. The maximum absolute atomic E-state index is 6.02. The lowest BCUT2D eigenvalue weighted by Crippen LogP contribution is -2.23. The molecule has 2 aromatic rings. The van der Waals surface area contributed by atoms with E-state index >= 15 is 0 Å². The molecule has 3 rings (SSSR count). The molecule has 0 amide bonds. The Balaban J connectivity index is 1.74. The van der Waals surface area contributed by atoms with E-state index in [4.69, 9.17) is 11.6 Å². The first kappa shape index (κ1) is 15.1. The third-order valence-electron chi connectivity index (χ3n) is 3.89. The Bertz CT molecular complexity index is 638. The predicted octanol–water partition coefficient (Wildman–Crippen LogP) is 4.93. The first-order valence-electron chi connectivity index (χ1n) is 7.84. The summed E-state index contributed by atoms with van der Waals surface area (Å²) in [6.07, 6.45) is 6.40. The van der Waals surface area contributed by atoms with Crippen LogP contribution in [0.4, 0.5) is 17.3 Å². The van der Waals surface area contributed by atoms with Crippen LogP contribution >= 0.6 is 11.6 Å². The van der Waals surface area contributed by atoms with Gasteiger partial charge in [-0.05, 0) is 38.0 Å². The lowest BCUT2D eigenvalue weighted by atomic mass is 9.95. The van der Waals surface area contributed by atoms with Crippen molar-refractivity contribution in [2.24, 2.45) is 0 Å². The average Bonchev–Trinajstić information content (AvgIpc) is 2.47. The van der Waals surface area contributed by atoms with Crippen LogP contribution in [0.5, 0.6) is 0 Å². The van der Waals surface area contributed by atoms with Crippen molar-refractivity contribution < 1.29 is 0 Å². The molecular formula is C17H21ClN4. The summed E-state index contributed by atoms with van der Waals surface area (Å²) in [7, 11) is 0. The van der Waals surface area contributed by atoms with Gasteiger partial charge in [-0.25, -0.2) is 9.97 Å². The minimum atomic E-state index is 0.530. The maximum atomic E-state index is 6.02. The molecule has 2 N–H and O–H groups in total. The molecule has 0 spiro atoms. The summed E-state index contributed by atoms with van der Waals surface area (Å²) in [5.41, 5.74) is 0.925. The normalized spacial score (nSPS) is 15.5. The fraction of sp³-hybridized carbons (Fsp3) is 0.412. The molecule has 1 aromatic heterocycles. The second-order valence-corrected chi connectivity index (χ2v) is 6.24. The Kier molecular flexibility index (Phi) is 4.78. The number of hydrogen-bond acceptors (Lipinski definition) is 4. The number of hydrogen-bond donors (Lipinski definition) is 2. The van der Waals surface area contributed by atoms with Crippen molar-refractivity contribution in [3.8, 4) is 0 Å². The van der Waals surface area contributed by atoms with Gasteiger partial charge in [0.05, 0.1) is 0 Å². The molecule has 1 heterocycles. The number of anilines is 3. The Morgan fingerprint density at radius 2 is 1.82 bits per heavy atom. The van der Waals surface area contributed by atoms with Crippen molar-refractivity contribution in [2.45, 2.75) is 45.1 Å². The third kappa shape index (κ3) is 4.10. The fourth-order valence-corrected chi connectivity index (χ4v) is 3.07. The van der Waals surface area contributed by atoms with Gasteiger partial charge in [-0.15, -0.1) is 0 Å². The maximum Gasteiger partial charge on any atom is 0.136 e. The third-order valence-corrected chi connectivity index (χ3v) is 4.13. The lowest BCUT2D eigenvalue weighted by Gasteiger charge is -2.23. The number of halogens is 1. The van der Waals surface area contributed by atoms with Crippen molar-refractivity contribution in [1.82, 2.24) is 9.97 Å². The number of benzene rings is 1. The van der Waals surface area contributed by atoms with Gasteiger partial charge in [0.15, 0.2) is 0 Å². The van der Waals surface area contributed by atoms with E-state index in [-0.39, 0.29) is 0 Å². The van der Waals surface area contributed by atoms with Gasteiger partial charge in [-0.1, -0.05) is 36.9 Å². The molecule has 1 aliphatic carbocycles. The van der Waals surface area contributed by atoms with Crippen molar-refractivity contribution in [2.75, 3.05) is 10.6 Å². The SMILES string of the molecule is Cc1nc(Nc2cccc(Cl)c2)cc(NC2CCCCC2)n1. The Labute approximate surface area is 136 Å². The molecule has 1 fully saturated rings. The zero-order chi connectivity index (χ0) is 15.4. The highest BCUT2D eigenvalue weighted by atomic mass is 35.5. The number of nitrogens with zero attached hydrogens (tertiary/aromatic N) is 2. The van der Waals surface area contributed by atoms with Crippen molar-refractivity contribution in [3.05, 3.63) is 41.2 Å². The summed E-state index contributed by atoms with van der Waals surface area (Å²) in [6.45, 7) is 1.91. The lowest BCUT2D eigenvalue weighted by molar-refractivity contribution is 0.462. The summed E-state index contributed by atoms with van der Waals surface area (Å²) in [5, 5.41) is 7.53. The highest BCUT2D eigenvalue weighted by molar-refractivity contribution is 6.30. The topological polar surface area (TPSA) is 49.8 Å². The molecule has 4 nitrogen and oxygen atoms in total. The predicted molar refractivity (Wildman–Crippen MR) is 92.0 cm³/mol. The molecule has 0 aliphatic heterocycles. The minimum Gasteiger partial charge on any atom is -0.367 e. The van der Waals surface area contributed by atoms with Crippen molar-refractivity contribution in [3.63, 3.8) is 0 Å². The van der Waals surface area contributed by atoms with E-state index in [0.717, 1.165) is 23.1 Å². The van der Waals surface area contributed by atoms with Gasteiger partial charge in [-0.2, -0.15) is 0 Å². The molecule has 1 saturated carbocycles. The molecule has 116 valence electrons.